The van der Waals surface area contributed by atoms with E-state index >= 15 is 0 Å². The van der Waals surface area contributed by atoms with E-state index in [1.165, 1.54) is 7.11 Å². The molecule has 37 heavy (non-hydrogen) atoms. The number of carbonyl (C=O) groups excluding carboxylic acids is 3. The molecule has 10 heteroatoms. The van der Waals surface area contributed by atoms with Crippen molar-refractivity contribution < 1.29 is 23.9 Å². The van der Waals surface area contributed by atoms with Crippen molar-refractivity contribution in [1.29, 1.82) is 0 Å². The Labute approximate surface area is 227 Å². The molecule has 1 aliphatic rings. The van der Waals surface area contributed by atoms with Crippen LogP contribution in [0.2, 0.25) is 10.0 Å². The molecule has 0 saturated heterocycles. The standard InChI is InChI=1S/C27H24Cl2N2O5S/c1-3-4-13-36-26(33)22-20(30)17(14-15-9-5-7-11-18(15)28)21-24(27(34)35-2)37-23(25(32)31(21)22)16-10-6-8-12-19(16)29/h5-12,14,23H,3-4,13,30H2,1-2H3/b17-14+/t23-/m0/s1. The fourth-order valence-corrected chi connectivity index (χ4v) is 5.75. The largest absolute Gasteiger partial charge is 0.465 e. The highest BCUT2D eigenvalue weighted by molar-refractivity contribution is 8.10. The van der Waals surface area contributed by atoms with Gasteiger partial charge in [0.25, 0.3) is 0 Å². The van der Waals surface area contributed by atoms with E-state index in [1.54, 1.807) is 54.6 Å². The zero-order valence-corrected chi connectivity index (χ0v) is 22.5. The molecule has 2 N–H and O–H groups in total. The Morgan fingerprint density at radius 3 is 2.41 bits per heavy atom. The fraction of sp³-hybridized carbons (Fsp3) is 0.222. The van der Waals surface area contributed by atoms with E-state index in [0.29, 0.717) is 27.6 Å². The predicted octanol–water partition coefficient (Wildman–Crippen LogP) is 4.57. The molecule has 192 valence electrons. The number of anilines is 1. The van der Waals surface area contributed by atoms with Gasteiger partial charge in [0.2, 0.25) is 5.91 Å². The number of methoxy groups -OCH3 is 1. The zero-order valence-electron chi connectivity index (χ0n) is 20.1. The molecule has 0 saturated carbocycles. The molecule has 2 aromatic carbocycles. The van der Waals surface area contributed by atoms with Gasteiger partial charge in [-0.1, -0.05) is 84.7 Å². The van der Waals surface area contributed by atoms with E-state index in [1.807, 2.05) is 6.92 Å². The molecule has 3 aromatic rings. The third-order valence-electron chi connectivity index (χ3n) is 5.83. The first kappa shape index (κ1) is 26.9. The van der Waals surface area contributed by atoms with Crippen LogP contribution < -0.4 is 16.3 Å². The predicted molar refractivity (Wildman–Crippen MR) is 146 cm³/mol. The lowest BCUT2D eigenvalue weighted by Crippen LogP contribution is -2.42. The van der Waals surface area contributed by atoms with Gasteiger partial charge in [-0.05, 0) is 35.8 Å². The van der Waals surface area contributed by atoms with Crippen molar-refractivity contribution in [2.75, 3.05) is 19.5 Å². The van der Waals surface area contributed by atoms with Gasteiger partial charge in [0.15, 0.2) is 5.69 Å². The Kier molecular flexibility index (Phi) is 8.32. The summed E-state index contributed by atoms with van der Waals surface area (Å²) in [5.41, 5.74) is 7.43. The number of hydrogen-bond acceptors (Lipinski definition) is 7. The van der Waals surface area contributed by atoms with Gasteiger partial charge in [0.1, 0.15) is 10.2 Å². The number of nitrogen functional groups attached to an aromatic ring is 1. The number of unbranched alkanes of at least 4 members (excludes halogenated alkanes) is 1. The Morgan fingerprint density at radius 2 is 1.76 bits per heavy atom. The van der Waals surface area contributed by atoms with Gasteiger partial charge < -0.3 is 15.2 Å². The van der Waals surface area contributed by atoms with Crippen molar-refractivity contribution in [1.82, 2.24) is 4.57 Å². The zero-order chi connectivity index (χ0) is 26.7. The average molecular weight is 559 g/mol. The maximum absolute atomic E-state index is 14.0. The number of nitrogens with zero attached hydrogens (tertiary/aromatic N) is 1. The summed E-state index contributed by atoms with van der Waals surface area (Å²) in [5, 5.41) is 0.269. The molecular weight excluding hydrogens is 535 g/mol. The molecule has 2 heterocycles. The summed E-state index contributed by atoms with van der Waals surface area (Å²) in [7, 11) is 1.24. The van der Waals surface area contributed by atoms with Crippen LogP contribution in [-0.4, -0.2) is 36.1 Å². The third kappa shape index (κ3) is 5.14. The minimum atomic E-state index is -0.933. The van der Waals surface area contributed by atoms with Crippen molar-refractivity contribution in [3.05, 3.63) is 86.0 Å². The highest BCUT2D eigenvalue weighted by Crippen LogP contribution is 2.42. The number of nitrogens with two attached hydrogens (primary N) is 1. The second-order valence-corrected chi connectivity index (χ2v) is 10.1. The second-order valence-electron chi connectivity index (χ2n) is 8.19. The van der Waals surface area contributed by atoms with Crippen molar-refractivity contribution in [3.8, 4) is 0 Å². The number of thioether (sulfide) groups is 1. The molecule has 1 aliphatic heterocycles. The number of hydrogen-bond donors (Lipinski definition) is 1. The van der Waals surface area contributed by atoms with Gasteiger partial charge >= 0.3 is 11.9 Å². The smallest absolute Gasteiger partial charge is 0.357 e. The van der Waals surface area contributed by atoms with Crippen molar-refractivity contribution in [2.45, 2.75) is 25.0 Å². The fourth-order valence-electron chi connectivity index (χ4n) is 3.99. The van der Waals surface area contributed by atoms with Crippen LogP contribution in [0.25, 0.3) is 11.0 Å². The number of benzene rings is 2. The van der Waals surface area contributed by atoms with Crippen LogP contribution in [0.15, 0.2) is 48.5 Å². The lowest BCUT2D eigenvalue weighted by molar-refractivity contribution is -0.133. The van der Waals surface area contributed by atoms with Gasteiger partial charge in [0, 0.05) is 15.3 Å². The lowest BCUT2D eigenvalue weighted by Gasteiger charge is -2.24. The summed E-state index contributed by atoms with van der Waals surface area (Å²) >= 11 is 13.8. The molecule has 7 nitrogen and oxygen atoms in total. The molecule has 1 atom stereocenters. The highest BCUT2D eigenvalue weighted by atomic mass is 35.5. The van der Waals surface area contributed by atoms with Gasteiger partial charge in [0.05, 0.1) is 24.8 Å². The van der Waals surface area contributed by atoms with Crippen LogP contribution in [0.4, 0.5) is 5.69 Å². The summed E-state index contributed by atoms with van der Waals surface area (Å²) < 4.78 is 11.7. The number of carbonyl (C=O) groups is 3. The first-order chi connectivity index (χ1) is 17.8. The maximum atomic E-state index is 14.0. The average Bonchev–Trinajstić information content (AvgIpc) is 3.18. The number of fused-ring (bicyclic) bond motifs is 1. The van der Waals surface area contributed by atoms with Crippen LogP contribution in [-0.2, 0) is 14.3 Å². The van der Waals surface area contributed by atoms with Crippen molar-refractivity contribution in [2.24, 2.45) is 0 Å². The minimum Gasteiger partial charge on any atom is -0.465 e. The van der Waals surface area contributed by atoms with E-state index in [9.17, 15) is 14.4 Å². The SMILES string of the molecule is CCCCOC(=O)c1c(N)/c(=C\c2ccccc2Cl)c2n1C(=O)[C@H](c1ccccc1Cl)SC=2C(=O)OC. The lowest BCUT2D eigenvalue weighted by atomic mass is 10.1. The molecular formula is C27H24Cl2N2O5S. The number of esters is 2. The van der Waals surface area contributed by atoms with Crippen molar-refractivity contribution >= 4 is 69.5 Å². The Bertz CT molecular complexity index is 1520. The number of aromatic nitrogens is 1. The van der Waals surface area contributed by atoms with E-state index in [4.69, 9.17) is 38.4 Å². The van der Waals surface area contributed by atoms with Gasteiger partial charge in [-0.2, -0.15) is 0 Å². The van der Waals surface area contributed by atoms with Crippen LogP contribution in [0.1, 0.15) is 51.4 Å². The molecule has 1 aromatic heterocycles. The summed E-state index contributed by atoms with van der Waals surface area (Å²) in [5.74, 6) is -1.95. The molecule has 0 aliphatic carbocycles. The normalized spacial score (nSPS) is 15.5. The van der Waals surface area contributed by atoms with Crippen LogP contribution >= 0.6 is 35.0 Å². The maximum Gasteiger partial charge on any atom is 0.357 e. The molecule has 0 radical (unpaired) electrons. The van der Waals surface area contributed by atoms with Gasteiger partial charge in [-0.3, -0.25) is 9.36 Å². The monoisotopic (exact) mass is 558 g/mol. The molecule has 0 spiro atoms. The van der Waals surface area contributed by atoms with E-state index in [-0.39, 0.29) is 33.5 Å². The highest BCUT2D eigenvalue weighted by Gasteiger charge is 2.39. The summed E-state index contributed by atoms with van der Waals surface area (Å²) in [4.78, 5) is 40.4. The summed E-state index contributed by atoms with van der Waals surface area (Å²) in [6.07, 6.45) is 3.09. The second kappa shape index (κ2) is 11.5. The summed E-state index contributed by atoms with van der Waals surface area (Å²) in [6, 6.07) is 13.8. The Balaban J connectivity index is 2.08. The van der Waals surface area contributed by atoms with Crippen LogP contribution in [0.5, 0.6) is 0 Å². The van der Waals surface area contributed by atoms with Gasteiger partial charge in [-0.15, -0.1) is 0 Å². The molecule has 0 amide bonds. The van der Waals surface area contributed by atoms with Crippen molar-refractivity contribution in [3.63, 3.8) is 0 Å². The number of ether oxygens (including phenoxy) is 2. The molecule has 0 fully saturated rings. The Hall–Kier alpha value is -3.20. The topological polar surface area (TPSA) is 101 Å². The van der Waals surface area contributed by atoms with Crippen LogP contribution in [0, 0.1) is 0 Å². The quantitative estimate of drug-likeness (QED) is 0.334. The third-order valence-corrected chi connectivity index (χ3v) is 7.81. The summed E-state index contributed by atoms with van der Waals surface area (Å²) in [6.45, 7) is 2.12. The first-order valence-corrected chi connectivity index (χ1v) is 13.1. The van der Waals surface area contributed by atoms with E-state index < -0.39 is 23.1 Å². The molecule has 0 unspecified atom stereocenters. The van der Waals surface area contributed by atoms with Crippen LogP contribution in [0.3, 0.4) is 0 Å². The first-order valence-electron chi connectivity index (χ1n) is 11.5. The molecule has 4 rings (SSSR count). The van der Waals surface area contributed by atoms with E-state index in [2.05, 4.69) is 0 Å². The number of rotatable bonds is 7. The van der Waals surface area contributed by atoms with E-state index in [0.717, 1.165) is 22.7 Å². The Morgan fingerprint density at radius 1 is 1.08 bits per heavy atom. The van der Waals surface area contributed by atoms with Gasteiger partial charge in [-0.25, -0.2) is 9.59 Å². The minimum absolute atomic E-state index is 0.00780. The molecule has 0 bridgehead atoms. The number of halogens is 2.